The number of nitrogens with zero attached hydrogens (tertiary/aromatic N) is 3. The molecule has 0 saturated carbocycles. The second-order valence-electron chi connectivity index (χ2n) is 6.93. The van der Waals surface area contributed by atoms with Crippen LogP contribution in [0.15, 0.2) is 76.4 Å². The molecule has 4 aromatic rings. The molecule has 3 aromatic carbocycles. The van der Waals surface area contributed by atoms with E-state index in [0.717, 1.165) is 25.0 Å². The van der Waals surface area contributed by atoms with Crippen LogP contribution in [0.4, 0.5) is 5.69 Å². The number of aryl methyl sites for hydroxylation is 1. The zero-order valence-electron chi connectivity index (χ0n) is 16.9. The molecule has 0 bridgehead atoms. The largest absolute Gasteiger partial charge is 0.507 e. The number of aromatic nitrogens is 3. The number of carbonyl (C=O) groups excluding carboxylic acids is 1. The van der Waals surface area contributed by atoms with Crippen LogP contribution in [0.3, 0.4) is 0 Å². The Balaban J connectivity index is 1.62. The van der Waals surface area contributed by atoms with Gasteiger partial charge in [0.15, 0.2) is 11.0 Å². The molecule has 1 amide bonds. The molecule has 162 valence electrons. The molecule has 2 N–H and O–H groups in total. The molecule has 0 fully saturated rings. The molecule has 4 rings (SSSR count). The third-order valence-electron chi connectivity index (χ3n) is 4.64. The third-order valence-corrected chi connectivity index (χ3v) is 6.74. The standard InChI is InChI=1S/C23H18BrIN4O2S/c1-14-11-16(25)8-9-19(14)26-21(31)13-32-23-28-27-22(18-12-15(24)7-10-20(18)30)29(23)17-5-3-2-4-6-17/h2-12,30H,13H2,1H3,(H,26,31). The highest BCUT2D eigenvalue weighted by Gasteiger charge is 2.20. The number of benzene rings is 3. The number of para-hydroxylation sites is 1. The molecule has 1 heterocycles. The average Bonchev–Trinajstić information content (AvgIpc) is 3.20. The number of carbonyl (C=O) groups is 1. The van der Waals surface area contributed by atoms with Crippen molar-refractivity contribution < 1.29 is 9.90 Å². The number of halogens is 2. The Kier molecular flexibility index (Phi) is 7.17. The van der Waals surface area contributed by atoms with Crippen molar-refractivity contribution in [2.75, 3.05) is 11.1 Å². The molecule has 1 aromatic heterocycles. The van der Waals surface area contributed by atoms with Gasteiger partial charge in [0.25, 0.3) is 0 Å². The molecular formula is C23H18BrIN4O2S. The van der Waals surface area contributed by atoms with Gasteiger partial charge in [-0.15, -0.1) is 10.2 Å². The van der Waals surface area contributed by atoms with E-state index < -0.39 is 0 Å². The summed E-state index contributed by atoms with van der Waals surface area (Å²) in [7, 11) is 0. The van der Waals surface area contributed by atoms with E-state index in [1.807, 2.05) is 60.0 Å². The van der Waals surface area contributed by atoms with Crippen LogP contribution in [0.1, 0.15) is 5.56 Å². The zero-order valence-corrected chi connectivity index (χ0v) is 21.5. The molecule has 0 aliphatic rings. The van der Waals surface area contributed by atoms with Crippen molar-refractivity contribution in [3.05, 3.63) is 80.3 Å². The zero-order chi connectivity index (χ0) is 22.7. The Morgan fingerprint density at radius 3 is 2.66 bits per heavy atom. The predicted molar refractivity (Wildman–Crippen MR) is 139 cm³/mol. The van der Waals surface area contributed by atoms with Crippen molar-refractivity contribution in [1.82, 2.24) is 14.8 Å². The Morgan fingerprint density at radius 1 is 1.12 bits per heavy atom. The van der Waals surface area contributed by atoms with E-state index >= 15 is 0 Å². The van der Waals surface area contributed by atoms with Crippen LogP contribution < -0.4 is 5.32 Å². The van der Waals surface area contributed by atoms with E-state index in [-0.39, 0.29) is 17.4 Å². The van der Waals surface area contributed by atoms with Crippen molar-refractivity contribution >= 4 is 61.9 Å². The molecule has 32 heavy (non-hydrogen) atoms. The summed E-state index contributed by atoms with van der Waals surface area (Å²) in [6.07, 6.45) is 0. The second-order valence-corrected chi connectivity index (χ2v) is 10.0. The first-order chi connectivity index (χ1) is 15.4. The lowest BCUT2D eigenvalue weighted by atomic mass is 10.2. The van der Waals surface area contributed by atoms with Crippen molar-refractivity contribution in [1.29, 1.82) is 0 Å². The Hall–Kier alpha value is -2.37. The molecule has 9 heteroatoms. The Morgan fingerprint density at radius 2 is 1.91 bits per heavy atom. The van der Waals surface area contributed by atoms with E-state index in [9.17, 15) is 9.90 Å². The van der Waals surface area contributed by atoms with Crippen LogP contribution in [0, 0.1) is 10.5 Å². The van der Waals surface area contributed by atoms with Gasteiger partial charge in [-0.25, -0.2) is 0 Å². The summed E-state index contributed by atoms with van der Waals surface area (Å²) in [4.78, 5) is 12.6. The SMILES string of the molecule is Cc1cc(I)ccc1NC(=O)CSc1nnc(-c2cc(Br)ccc2O)n1-c1ccccc1. The lowest BCUT2D eigenvalue weighted by molar-refractivity contribution is -0.113. The third kappa shape index (κ3) is 5.16. The fourth-order valence-electron chi connectivity index (χ4n) is 3.12. The summed E-state index contributed by atoms with van der Waals surface area (Å²) in [5, 5.41) is 22.6. The molecule has 0 unspecified atom stereocenters. The van der Waals surface area contributed by atoms with Gasteiger partial charge in [-0.1, -0.05) is 45.9 Å². The highest BCUT2D eigenvalue weighted by Crippen LogP contribution is 2.34. The number of hydrogen-bond acceptors (Lipinski definition) is 5. The summed E-state index contributed by atoms with van der Waals surface area (Å²) >= 11 is 6.98. The monoisotopic (exact) mass is 620 g/mol. The van der Waals surface area contributed by atoms with Gasteiger partial charge in [0, 0.05) is 19.4 Å². The molecule has 0 aliphatic heterocycles. The highest BCUT2D eigenvalue weighted by atomic mass is 127. The molecule has 0 saturated heterocycles. The first-order valence-corrected chi connectivity index (χ1v) is 12.5. The van der Waals surface area contributed by atoms with Gasteiger partial charge in [-0.3, -0.25) is 9.36 Å². The first-order valence-electron chi connectivity index (χ1n) is 9.61. The molecule has 6 nitrogen and oxygen atoms in total. The van der Waals surface area contributed by atoms with Gasteiger partial charge in [-0.05, 0) is 83.6 Å². The highest BCUT2D eigenvalue weighted by molar-refractivity contribution is 14.1. The number of aromatic hydroxyl groups is 1. The summed E-state index contributed by atoms with van der Waals surface area (Å²) in [5.41, 5.74) is 3.18. The molecule has 0 radical (unpaired) electrons. The number of amides is 1. The molecule has 0 atom stereocenters. The molecule has 0 spiro atoms. The maximum Gasteiger partial charge on any atom is 0.234 e. The molecular weight excluding hydrogens is 603 g/mol. The van der Waals surface area contributed by atoms with Crippen molar-refractivity contribution in [3.8, 4) is 22.8 Å². The number of phenolic OH excluding ortho intramolecular Hbond substituents is 1. The van der Waals surface area contributed by atoms with E-state index in [1.165, 1.54) is 11.8 Å². The van der Waals surface area contributed by atoms with Gasteiger partial charge in [-0.2, -0.15) is 0 Å². The van der Waals surface area contributed by atoms with Crippen LogP contribution in [-0.4, -0.2) is 31.5 Å². The van der Waals surface area contributed by atoms with Crippen LogP contribution in [0.25, 0.3) is 17.1 Å². The van der Waals surface area contributed by atoms with E-state index in [4.69, 9.17) is 0 Å². The average molecular weight is 621 g/mol. The summed E-state index contributed by atoms with van der Waals surface area (Å²) in [6, 6.07) is 20.7. The predicted octanol–water partition coefficient (Wildman–Crippen LogP) is 6.05. The lowest BCUT2D eigenvalue weighted by Gasteiger charge is -2.12. The maximum atomic E-state index is 12.6. The van der Waals surface area contributed by atoms with Crippen molar-refractivity contribution in [2.45, 2.75) is 12.1 Å². The number of anilines is 1. The fourth-order valence-corrected chi connectivity index (χ4v) is 4.88. The topological polar surface area (TPSA) is 80.0 Å². The normalized spacial score (nSPS) is 10.8. The number of thioether (sulfide) groups is 1. The van der Waals surface area contributed by atoms with Gasteiger partial charge >= 0.3 is 0 Å². The fraction of sp³-hybridized carbons (Fsp3) is 0.0870. The quantitative estimate of drug-likeness (QED) is 0.203. The molecule has 0 aliphatic carbocycles. The summed E-state index contributed by atoms with van der Waals surface area (Å²) in [5.74, 6) is 0.627. The second kappa shape index (κ2) is 10.1. The van der Waals surface area contributed by atoms with Crippen LogP contribution >= 0.6 is 50.3 Å². The van der Waals surface area contributed by atoms with Gasteiger partial charge < -0.3 is 10.4 Å². The van der Waals surface area contributed by atoms with Gasteiger partial charge in [0.1, 0.15) is 5.75 Å². The minimum absolute atomic E-state index is 0.0984. The number of phenols is 1. The van der Waals surface area contributed by atoms with Crippen LogP contribution in [0.5, 0.6) is 5.75 Å². The van der Waals surface area contributed by atoms with E-state index in [0.29, 0.717) is 16.5 Å². The smallest absolute Gasteiger partial charge is 0.234 e. The minimum Gasteiger partial charge on any atom is -0.507 e. The van der Waals surface area contributed by atoms with Gasteiger partial charge in [0.05, 0.1) is 11.3 Å². The number of rotatable bonds is 6. The summed E-state index contributed by atoms with van der Waals surface area (Å²) < 4.78 is 3.77. The first kappa shape index (κ1) is 22.8. The van der Waals surface area contributed by atoms with E-state index in [2.05, 4.69) is 54.0 Å². The van der Waals surface area contributed by atoms with Crippen molar-refractivity contribution in [3.63, 3.8) is 0 Å². The Bertz CT molecular complexity index is 1280. The Labute approximate surface area is 211 Å². The number of nitrogens with one attached hydrogen (secondary N) is 1. The van der Waals surface area contributed by atoms with Crippen LogP contribution in [0.2, 0.25) is 0 Å². The van der Waals surface area contributed by atoms with Gasteiger partial charge in [0.2, 0.25) is 5.91 Å². The summed E-state index contributed by atoms with van der Waals surface area (Å²) in [6.45, 7) is 1.97. The minimum atomic E-state index is -0.131. The van der Waals surface area contributed by atoms with Crippen LogP contribution in [-0.2, 0) is 4.79 Å². The maximum absolute atomic E-state index is 12.6. The van der Waals surface area contributed by atoms with Crippen molar-refractivity contribution in [2.24, 2.45) is 0 Å². The lowest BCUT2D eigenvalue weighted by Crippen LogP contribution is -2.15. The van der Waals surface area contributed by atoms with E-state index in [1.54, 1.807) is 18.2 Å². The number of hydrogen-bond donors (Lipinski definition) is 2.